The summed E-state index contributed by atoms with van der Waals surface area (Å²) in [5.74, 6) is 1.82. The number of fused-ring (bicyclic) bond motifs is 1. The van der Waals surface area contributed by atoms with Crippen LogP contribution in [-0.4, -0.2) is 13.2 Å². The van der Waals surface area contributed by atoms with E-state index in [2.05, 4.69) is 43.3 Å². The summed E-state index contributed by atoms with van der Waals surface area (Å²) in [4.78, 5) is 0. The van der Waals surface area contributed by atoms with Crippen LogP contribution in [0.5, 0.6) is 11.5 Å². The van der Waals surface area contributed by atoms with E-state index in [1.54, 1.807) is 0 Å². The standard InChI is InChI=1S/C20H20O2/c1-16-7-10-19(11-8-16)21-13-4-14-22-20-12-9-17-5-2-3-6-18(17)15-20/h2-3,5-12,15H,4,13-14H2,1H3. The molecule has 0 saturated carbocycles. The van der Waals surface area contributed by atoms with Crippen LogP contribution in [0.1, 0.15) is 12.0 Å². The second-order valence-electron chi connectivity index (χ2n) is 5.37. The molecule has 0 atom stereocenters. The maximum Gasteiger partial charge on any atom is 0.119 e. The topological polar surface area (TPSA) is 18.5 Å². The molecule has 2 nitrogen and oxygen atoms in total. The average Bonchev–Trinajstić information content (AvgIpc) is 2.56. The predicted octanol–water partition coefficient (Wildman–Crippen LogP) is 5.00. The van der Waals surface area contributed by atoms with Gasteiger partial charge < -0.3 is 9.47 Å². The minimum Gasteiger partial charge on any atom is -0.493 e. The molecule has 0 saturated heterocycles. The predicted molar refractivity (Wildman–Crippen MR) is 90.7 cm³/mol. The van der Waals surface area contributed by atoms with Crippen LogP contribution in [0.4, 0.5) is 0 Å². The van der Waals surface area contributed by atoms with Crippen LogP contribution in [0, 0.1) is 6.92 Å². The Morgan fingerprint density at radius 1 is 0.682 bits per heavy atom. The van der Waals surface area contributed by atoms with Crippen molar-refractivity contribution >= 4 is 10.8 Å². The molecule has 0 radical (unpaired) electrons. The highest BCUT2D eigenvalue weighted by Gasteiger charge is 1.98. The van der Waals surface area contributed by atoms with E-state index in [-0.39, 0.29) is 0 Å². The van der Waals surface area contributed by atoms with Gasteiger partial charge in [0.25, 0.3) is 0 Å². The summed E-state index contributed by atoms with van der Waals surface area (Å²) in [6, 6.07) is 22.6. The van der Waals surface area contributed by atoms with Gasteiger partial charge in [0.1, 0.15) is 11.5 Å². The summed E-state index contributed by atoms with van der Waals surface area (Å²) < 4.78 is 11.5. The Bertz CT molecular complexity index is 732. The molecule has 0 spiro atoms. The van der Waals surface area contributed by atoms with Crippen LogP contribution >= 0.6 is 0 Å². The molecular weight excluding hydrogens is 272 g/mol. The van der Waals surface area contributed by atoms with Crippen molar-refractivity contribution < 1.29 is 9.47 Å². The first kappa shape index (κ1) is 14.5. The molecule has 0 amide bonds. The van der Waals surface area contributed by atoms with Crippen molar-refractivity contribution in [2.45, 2.75) is 13.3 Å². The monoisotopic (exact) mass is 292 g/mol. The molecule has 0 aromatic heterocycles. The molecule has 0 fully saturated rings. The van der Waals surface area contributed by atoms with Gasteiger partial charge in [-0.3, -0.25) is 0 Å². The summed E-state index contributed by atoms with van der Waals surface area (Å²) in [5.41, 5.74) is 1.24. The van der Waals surface area contributed by atoms with Crippen molar-refractivity contribution in [1.29, 1.82) is 0 Å². The lowest BCUT2D eigenvalue weighted by atomic mass is 10.1. The fourth-order valence-electron chi connectivity index (χ4n) is 2.33. The Kier molecular flexibility index (Phi) is 4.59. The third-order valence-corrected chi connectivity index (χ3v) is 3.57. The van der Waals surface area contributed by atoms with Gasteiger partial charge in [0.05, 0.1) is 13.2 Å². The number of rotatable bonds is 6. The van der Waals surface area contributed by atoms with Gasteiger partial charge in [0, 0.05) is 6.42 Å². The van der Waals surface area contributed by atoms with Crippen molar-refractivity contribution in [3.8, 4) is 11.5 Å². The Labute approximate surface area is 131 Å². The van der Waals surface area contributed by atoms with E-state index < -0.39 is 0 Å². The highest BCUT2D eigenvalue weighted by molar-refractivity contribution is 5.83. The van der Waals surface area contributed by atoms with Crippen LogP contribution in [0.15, 0.2) is 66.7 Å². The van der Waals surface area contributed by atoms with Gasteiger partial charge in [-0.2, -0.15) is 0 Å². The fourth-order valence-corrected chi connectivity index (χ4v) is 2.33. The first-order chi connectivity index (χ1) is 10.8. The Hall–Kier alpha value is -2.48. The van der Waals surface area contributed by atoms with Crippen molar-refractivity contribution in [3.05, 3.63) is 72.3 Å². The number of ether oxygens (including phenoxy) is 2. The van der Waals surface area contributed by atoms with E-state index >= 15 is 0 Å². The molecular formula is C20H20O2. The maximum absolute atomic E-state index is 5.79. The molecule has 3 aromatic rings. The summed E-state index contributed by atoms with van der Waals surface area (Å²) in [6.07, 6.45) is 0.862. The largest absolute Gasteiger partial charge is 0.493 e. The molecule has 0 unspecified atom stereocenters. The average molecular weight is 292 g/mol. The van der Waals surface area contributed by atoms with Gasteiger partial charge in [0.15, 0.2) is 0 Å². The molecule has 112 valence electrons. The SMILES string of the molecule is Cc1ccc(OCCCOc2ccc3ccccc3c2)cc1. The second-order valence-corrected chi connectivity index (χ2v) is 5.37. The van der Waals surface area contributed by atoms with Crippen LogP contribution < -0.4 is 9.47 Å². The highest BCUT2D eigenvalue weighted by Crippen LogP contribution is 2.20. The van der Waals surface area contributed by atoms with Crippen molar-refractivity contribution in [2.24, 2.45) is 0 Å². The van der Waals surface area contributed by atoms with E-state index in [0.29, 0.717) is 13.2 Å². The van der Waals surface area contributed by atoms with Crippen molar-refractivity contribution in [3.63, 3.8) is 0 Å². The third kappa shape index (κ3) is 3.79. The third-order valence-electron chi connectivity index (χ3n) is 3.57. The Morgan fingerprint density at radius 2 is 1.32 bits per heavy atom. The van der Waals surface area contributed by atoms with Crippen molar-refractivity contribution in [1.82, 2.24) is 0 Å². The van der Waals surface area contributed by atoms with Crippen LogP contribution in [0.3, 0.4) is 0 Å². The van der Waals surface area contributed by atoms with E-state index in [0.717, 1.165) is 17.9 Å². The zero-order chi connectivity index (χ0) is 15.2. The van der Waals surface area contributed by atoms with E-state index in [1.165, 1.54) is 16.3 Å². The molecule has 0 heterocycles. The maximum atomic E-state index is 5.79. The molecule has 3 rings (SSSR count). The zero-order valence-corrected chi connectivity index (χ0v) is 12.8. The number of aryl methyl sites for hydroxylation is 1. The molecule has 0 aliphatic rings. The molecule has 0 N–H and O–H groups in total. The number of benzene rings is 3. The van der Waals surface area contributed by atoms with Crippen LogP contribution in [0.25, 0.3) is 10.8 Å². The molecule has 22 heavy (non-hydrogen) atoms. The number of hydrogen-bond donors (Lipinski definition) is 0. The van der Waals surface area contributed by atoms with Crippen molar-refractivity contribution in [2.75, 3.05) is 13.2 Å². The van der Waals surface area contributed by atoms with Gasteiger partial charge >= 0.3 is 0 Å². The second kappa shape index (κ2) is 6.99. The number of hydrogen-bond acceptors (Lipinski definition) is 2. The molecule has 2 heteroatoms. The van der Waals surface area contributed by atoms with Crippen LogP contribution in [0.2, 0.25) is 0 Å². The fraction of sp³-hybridized carbons (Fsp3) is 0.200. The minimum atomic E-state index is 0.657. The van der Waals surface area contributed by atoms with E-state index in [1.807, 2.05) is 30.3 Å². The van der Waals surface area contributed by atoms with Gasteiger partial charge in [-0.05, 0) is 42.0 Å². The molecule has 0 aliphatic heterocycles. The quantitative estimate of drug-likeness (QED) is 0.595. The molecule has 0 bridgehead atoms. The lowest BCUT2D eigenvalue weighted by molar-refractivity contribution is 0.247. The molecule has 3 aromatic carbocycles. The summed E-state index contributed by atoms with van der Waals surface area (Å²) >= 11 is 0. The van der Waals surface area contributed by atoms with Gasteiger partial charge in [-0.1, -0.05) is 48.0 Å². The van der Waals surface area contributed by atoms with Gasteiger partial charge in [0.2, 0.25) is 0 Å². The zero-order valence-electron chi connectivity index (χ0n) is 12.8. The van der Waals surface area contributed by atoms with Crippen LogP contribution in [-0.2, 0) is 0 Å². The van der Waals surface area contributed by atoms with E-state index in [4.69, 9.17) is 9.47 Å². The Balaban J connectivity index is 1.45. The lowest BCUT2D eigenvalue weighted by Crippen LogP contribution is -2.04. The normalized spacial score (nSPS) is 10.6. The smallest absolute Gasteiger partial charge is 0.119 e. The minimum absolute atomic E-state index is 0.657. The van der Waals surface area contributed by atoms with Gasteiger partial charge in [-0.25, -0.2) is 0 Å². The highest BCUT2D eigenvalue weighted by atomic mass is 16.5. The summed E-state index contributed by atoms with van der Waals surface area (Å²) in [7, 11) is 0. The summed E-state index contributed by atoms with van der Waals surface area (Å²) in [5, 5.41) is 2.44. The summed E-state index contributed by atoms with van der Waals surface area (Å²) in [6.45, 7) is 3.39. The Morgan fingerprint density at radius 3 is 2.09 bits per heavy atom. The van der Waals surface area contributed by atoms with E-state index in [9.17, 15) is 0 Å². The first-order valence-electron chi connectivity index (χ1n) is 7.62. The van der Waals surface area contributed by atoms with Gasteiger partial charge in [-0.15, -0.1) is 0 Å². The first-order valence-corrected chi connectivity index (χ1v) is 7.62. The molecule has 0 aliphatic carbocycles. The lowest BCUT2D eigenvalue weighted by Gasteiger charge is -2.09.